The number of hydrogen-bond donors (Lipinski definition) is 0. The van der Waals surface area contributed by atoms with E-state index >= 15 is 0 Å². The van der Waals surface area contributed by atoms with Crippen LogP contribution in [0.5, 0.6) is 5.75 Å². The summed E-state index contributed by atoms with van der Waals surface area (Å²) >= 11 is 0. The molecule has 0 spiro atoms. The Bertz CT molecular complexity index is 863. The SMILES string of the molecule is COC(=O)c1cccnc1C(OC)Oc1ccc(-c2ccccc2)cc1. The van der Waals surface area contributed by atoms with E-state index in [1.807, 2.05) is 54.6 Å². The molecule has 0 radical (unpaired) electrons. The molecule has 1 heterocycles. The molecule has 0 saturated carbocycles. The average molecular weight is 349 g/mol. The van der Waals surface area contributed by atoms with Gasteiger partial charge in [-0.25, -0.2) is 4.79 Å². The van der Waals surface area contributed by atoms with Gasteiger partial charge >= 0.3 is 5.97 Å². The molecule has 0 fully saturated rings. The van der Waals surface area contributed by atoms with Crippen molar-refractivity contribution in [1.82, 2.24) is 4.98 Å². The highest BCUT2D eigenvalue weighted by Crippen LogP contribution is 2.27. The van der Waals surface area contributed by atoms with Gasteiger partial charge in [0.05, 0.1) is 12.7 Å². The number of methoxy groups -OCH3 is 2. The summed E-state index contributed by atoms with van der Waals surface area (Å²) in [5.41, 5.74) is 2.89. The lowest BCUT2D eigenvalue weighted by atomic mass is 10.1. The number of carbonyl (C=O) groups is 1. The molecule has 1 unspecified atom stereocenters. The van der Waals surface area contributed by atoms with Gasteiger partial charge in [-0.1, -0.05) is 42.5 Å². The number of aromatic nitrogens is 1. The average Bonchev–Trinajstić information content (AvgIpc) is 2.72. The monoisotopic (exact) mass is 349 g/mol. The van der Waals surface area contributed by atoms with Gasteiger partial charge in [0.1, 0.15) is 11.4 Å². The van der Waals surface area contributed by atoms with E-state index in [0.717, 1.165) is 11.1 Å². The maximum Gasteiger partial charge on any atom is 0.339 e. The predicted octanol–water partition coefficient (Wildman–Crippen LogP) is 4.26. The van der Waals surface area contributed by atoms with E-state index in [2.05, 4.69) is 4.98 Å². The summed E-state index contributed by atoms with van der Waals surface area (Å²) < 4.78 is 16.1. The van der Waals surface area contributed by atoms with Crippen molar-refractivity contribution in [2.75, 3.05) is 14.2 Å². The number of esters is 1. The fourth-order valence-electron chi connectivity index (χ4n) is 2.58. The van der Waals surface area contributed by atoms with Crippen molar-refractivity contribution in [3.05, 3.63) is 84.2 Å². The van der Waals surface area contributed by atoms with Gasteiger partial charge in [0.15, 0.2) is 0 Å². The van der Waals surface area contributed by atoms with Gasteiger partial charge < -0.3 is 14.2 Å². The van der Waals surface area contributed by atoms with Crippen molar-refractivity contribution in [2.24, 2.45) is 0 Å². The van der Waals surface area contributed by atoms with Crippen molar-refractivity contribution in [3.8, 4) is 16.9 Å². The fourth-order valence-corrected chi connectivity index (χ4v) is 2.58. The minimum Gasteiger partial charge on any atom is -0.465 e. The number of carbonyl (C=O) groups excluding carboxylic acids is 1. The van der Waals surface area contributed by atoms with Crippen LogP contribution < -0.4 is 4.74 Å². The molecule has 0 aliphatic heterocycles. The molecule has 0 saturated heterocycles. The van der Waals surface area contributed by atoms with Crippen LogP contribution in [0.25, 0.3) is 11.1 Å². The molecule has 0 amide bonds. The lowest BCUT2D eigenvalue weighted by molar-refractivity contribution is -0.0599. The number of hydrogen-bond acceptors (Lipinski definition) is 5. The summed E-state index contributed by atoms with van der Waals surface area (Å²) in [7, 11) is 2.82. The zero-order valence-corrected chi connectivity index (χ0v) is 14.6. The van der Waals surface area contributed by atoms with E-state index in [1.165, 1.54) is 14.2 Å². The Hall–Kier alpha value is -3.18. The van der Waals surface area contributed by atoms with Crippen molar-refractivity contribution in [2.45, 2.75) is 6.29 Å². The molecule has 132 valence electrons. The smallest absolute Gasteiger partial charge is 0.339 e. The Morgan fingerprint density at radius 2 is 1.58 bits per heavy atom. The van der Waals surface area contributed by atoms with E-state index in [9.17, 15) is 4.79 Å². The molecule has 0 bridgehead atoms. The molecule has 0 aliphatic carbocycles. The van der Waals surface area contributed by atoms with Gasteiger partial charge in [0, 0.05) is 13.3 Å². The molecule has 5 nitrogen and oxygen atoms in total. The summed E-state index contributed by atoms with van der Waals surface area (Å²) in [5.74, 6) is 0.121. The van der Waals surface area contributed by atoms with Crippen molar-refractivity contribution >= 4 is 5.97 Å². The second-order valence-electron chi connectivity index (χ2n) is 5.50. The van der Waals surface area contributed by atoms with Crippen LogP contribution in [-0.2, 0) is 9.47 Å². The number of benzene rings is 2. The summed E-state index contributed by atoms with van der Waals surface area (Å²) in [4.78, 5) is 16.2. The number of rotatable bonds is 6. The number of nitrogens with zero attached hydrogens (tertiary/aromatic N) is 1. The second-order valence-corrected chi connectivity index (χ2v) is 5.50. The molecular formula is C21H19NO4. The summed E-state index contributed by atoms with van der Waals surface area (Å²) in [6.07, 6.45) is 0.753. The molecule has 1 atom stereocenters. The molecule has 1 aromatic heterocycles. The Morgan fingerprint density at radius 3 is 2.23 bits per heavy atom. The maximum atomic E-state index is 11.9. The Morgan fingerprint density at radius 1 is 0.885 bits per heavy atom. The molecule has 26 heavy (non-hydrogen) atoms. The molecule has 5 heteroatoms. The van der Waals surface area contributed by atoms with Crippen LogP contribution in [-0.4, -0.2) is 25.2 Å². The van der Waals surface area contributed by atoms with E-state index in [-0.39, 0.29) is 0 Å². The predicted molar refractivity (Wildman–Crippen MR) is 97.8 cm³/mol. The minimum absolute atomic E-state index is 0.308. The second kappa shape index (κ2) is 8.27. The summed E-state index contributed by atoms with van der Waals surface area (Å²) in [6.45, 7) is 0. The standard InChI is InChI=1S/C21H19NO4/c1-24-20(23)18-9-6-14-22-19(18)21(25-2)26-17-12-10-16(11-13-17)15-7-4-3-5-8-15/h3-14,21H,1-2H3. The maximum absolute atomic E-state index is 11.9. The first-order valence-corrected chi connectivity index (χ1v) is 8.11. The largest absolute Gasteiger partial charge is 0.465 e. The minimum atomic E-state index is -0.826. The van der Waals surface area contributed by atoms with Crippen LogP contribution in [0, 0.1) is 0 Å². The molecular weight excluding hydrogens is 330 g/mol. The van der Waals surface area contributed by atoms with Crippen molar-refractivity contribution < 1.29 is 19.0 Å². The lowest BCUT2D eigenvalue weighted by Crippen LogP contribution is -2.17. The topological polar surface area (TPSA) is 57.7 Å². The highest BCUT2D eigenvalue weighted by atomic mass is 16.7. The molecule has 0 N–H and O–H groups in total. The van der Waals surface area contributed by atoms with Crippen molar-refractivity contribution in [3.63, 3.8) is 0 Å². The quantitative estimate of drug-likeness (QED) is 0.492. The van der Waals surface area contributed by atoms with Gasteiger partial charge in [0.2, 0.25) is 6.29 Å². The number of ether oxygens (including phenoxy) is 3. The highest BCUT2D eigenvalue weighted by molar-refractivity contribution is 5.90. The Balaban J connectivity index is 1.82. The normalized spacial score (nSPS) is 11.6. The highest BCUT2D eigenvalue weighted by Gasteiger charge is 2.22. The first-order chi connectivity index (χ1) is 12.7. The first kappa shape index (κ1) is 17.6. The van der Waals surface area contributed by atoms with Gasteiger partial charge in [-0.05, 0) is 35.4 Å². The van der Waals surface area contributed by atoms with Crippen LogP contribution in [0.1, 0.15) is 22.3 Å². The third-order valence-electron chi connectivity index (χ3n) is 3.89. The summed E-state index contributed by atoms with van der Waals surface area (Å²) in [5, 5.41) is 0. The number of pyridine rings is 1. The van der Waals surface area contributed by atoms with Crippen molar-refractivity contribution in [1.29, 1.82) is 0 Å². The van der Waals surface area contributed by atoms with Gasteiger partial charge in [-0.2, -0.15) is 0 Å². The zero-order chi connectivity index (χ0) is 18.4. The fraction of sp³-hybridized carbons (Fsp3) is 0.143. The van der Waals surface area contributed by atoms with Gasteiger partial charge in [-0.15, -0.1) is 0 Å². The van der Waals surface area contributed by atoms with Crippen LogP contribution in [0.3, 0.4) is 0 Å². The van der Waals surface area contributed by atoms with Gasteiger partial charge in [0.25, 0.3) is 0 Å². The van der Waals surface area contributed by atoms with E-state index in [4.69, 9.17) is 14.2 Å². The van der Waals surface area contributed by atoms with E-state index < -0.39 is 12.3 Å². The summed E-state index contributed by atoms with van der Waals surface area (Å²) in [6, 6.07) is 21.0. The Kier molecular flexibility index (Phi) is 5.61. The van der Waals surface area contributed by atoms with E-state index in [1.54, 1.807) is 18.3 Å². The van der Waals surface area contributed by atoms with Crippen LogP contribution >= 0.6 is 0 Å². The van der Waals surface area contributed by atoms with E-state index in [0.29, 0.717) is 17.0 Å². The molecule has 2 aromatic carbocycles. The third kappa shape index (κ3) is 3.90. The van der Waals surface area contributed by atoms with Gasteiger partial charge in [-0.3, -0.25) is 4.98 Å². The van der Waals surface area contributed by atoms with Crippen LogP contribution in [0.4, 0.5) is 0 Å². The Labute approximate surface area is 152 Å². The van der Waals surface area contributed by atoms with Crippen LogP contribution in [0.15, 0.2) is 72.9 Å². The zero-order valence-electron chi connectivity index (χ0n) is 14.6. The first-order valence-electron chi connectivity index (χ1n) is 8.11. The lowest BCUT2D eigenvalue weighted by Gasteiger charge is -2.19. The third-order valence-corrected chi connectivity index (χ3v) is 3.89. The molecule has 0 aliphatic rings. The van der Waals surface area contributed by atoms with Crippen LogP contribution in [0.2, 0.25) is 0 Å². The molecule has 3 rings (SSSR count). The molecule has 3 aromatic rings.